The summed E-state index contributed by atoms with van der Waals surface area (Å²) >= 11 is 0. The summed E-state index contributed by atoms with van der Waals surface area (Å²) in [5, 5.41) is 21.4. The number of aliphatic carboxylic acids is 1. The molecular weight excluding hydrogens is 318 g/mol. The van der Waals surface area contributed by atoms with Crippen LogP contribution in [0.1, 0.15) is 32.4 Å². The molecule has 0 fully saturated rings. The van der Waals surface area contributed by atoms with E-state index >= 15 is 0 Å². The Balaban J connectivity index is 3.19. The number of aliphatic hydroxyl groups excluding tert-OH is 1. The van der Waals surface area contributed by atoms with Gasteiger partial charge >= 0.3 is 12.1 Å². The molecule has 1 amide bonds. The van der Waals surface area contributed by atoms with Gasteiger partial charge in [0, 0.05) is 6.07 Å². The maximum atomic E-state index is 12.0. The Bertz CT molecular complexity index is 572. The van der Waals surface area contributed by atoms with Crippen molar-refractivity contribution in [1.29, 1.82) is 0 Å². The minimum Gasteiger partial charge on any atom is -0.497 e. The zero-order valence-corrected chi connectivity index (χ0v) is 14.3. The van der Waals surface area contributed by atoms with Gasteiger partial charge in [-0.3, -0.25) is 0 Å². The Labute approximate surface area is 140 Å². The van der Waals surface area contributed by atoms with E-state index in [1.165, 1.54) is 26.4 Å². The number of carbonyl (C=O) groups excluding carboxylic acids is 1. The largest absolute Gasteiger partial charge is 0.497 e. The fraction of sp³-hybridized carbons (Fsp3) is 0.500. The van der Waals surface area contributed by atoms with E-state index < -0.39 is 29.8 Å². The Morgan fingerprint density at radius 3 is 1.96 bits per heavy atom. The molecule has 0 heterocycles. The summed E-state index contributed by atoms with van der Waals surface area (Å²) in [5.74, 6) is -0.714. The average molecular weight is 341 g/mol. The summed E-state index contributed by atoms with van der Waals surface area (Å²) in [7, 11) is 2.87. The van der Waals surface area contributed by atoms with Gasteiger partial charge in [0.1, 0.15) is 17.1 Å². The third kappa shape index (κ3) is 5.62. The second kappa shape index (κ2) is 7.87. The minimum atomic E-state index is -1.88. The van der Waals surface area contributed by atoms with Gasteiger partial charge in [0.05, 0.1) is 20.3 Å². The average Bonchev–Trinajstić information content (AvgIpc) is 2.49. The molecule has 2 atom stereocenters. The molecule has 24 heavy (non-hydrogen) atoms. The van der Waals surface area contributed by atoms with Crippen molar-refractivity contribution in [1.82, 2.24) is 5.32 Å². The summed E-state index contributed by atoms with van der Waals surface area (Å²) in [6, 6.07) is 3.33. The number of hydrogen-bond acceptors (Lipinski definition) is 6. The molecule has 0 unspecified atom stereocenters. The molecule has 1 aromatic rings. The third-order valence-electron chi connectivity index (χ3n) is 2.97. The summed E-state index contributed by atoms with van der Waals surface area (Å²) in [5.41, 5.74) is -0.471. The van der Waals surface area contributed by atoms with Crippen molar-refractivity contribution in [3.05, 3.63) is 23.8 Å². The molecule has 8 nitrogen and oxygen atoms in total. The normalized spacial score (nSPS) is 13.6. The first-order chi connectivity index (χ1) is 11.1. The third-order valence-corrected chi connectivity index (χ3v) is 2.97. The van der Waals surface area contributed by atoms with E-state index in [1.807, 2.05) is 0 Å². The lowest BCUT2D eigenvalue weighted by Crippen LogP contribution is -2.42. The predicted octanol–water partition coefficient (Wildman–Crippen LogP) is 1.72. The summed E-state index contributed by atoms with van der Waals surface area (Å²) < 4.78 is 15.4. The molecule has 0 saturated heterocycles. The van der Waals surface area contributed by atoms with Crippen LogP contribution >= 0.6 is 0 Å². The van der Waals surface area contributed by atoms with Gasteiger partial charge in [0.25, 0.3) is 0 Å². The lowest BCUT2D eigenvalue weighted by atomic mass is 10.0. The van der Waals surface area contributed by atoms with E-state index in [9.17, 15) is 14.7 Å². The summed E-state index contributed by atoms with van der Waals surface area (Å²) in [6.45, 7) is 5.01. The lowest BCUT2D eigenvalue weighted by Gasteiger charge is -2.25. The van der Waals surface area contributed by atoms with E-state index in [4.69, 9.17) is 19.3 Å². The van der Waals surface area contributed by atoms with Crippen molar-refractivity contribution in [3.63, 3.8) is 0 Å². The molecular formula is C16H23NO7. The number of hydrogen-bond donors (Lipinski definition) is 3. The number of nitrogens with one attached hydrogen (secondary N) is 1. The lowest BCUT2D eigenvalue weighted by molar-refractivity contribution is -0.148. The molecule has 1 rings (SSSR count). The van der Waals surface area contributed by atoms with Crippen molar-refractivity contribution >= 4 is 12.1 Å². The molecule has 0 aliphatic carbocycles. The van der Waals surface area contributed by atoms with Crippen LogP contribution in [0.5, 0.6) is 11.5 Å². The molecule has 0 bridgehead atoms. The number of carboxylic acids is 1. The van der Waals surface area contributed by atoms with Gasteiger partial charge < -0.3 is 29.7 Å². The van der Waals surface area contributed by atoms with Crippen molar-refractivity contribution in [3.8, 4) is 11.5 Å². The van der Waals surface area contributed by atoms with Gasteiger partial charge in [-0.1, -0.05) is 0 Å². The van der Waals surface area contributed by atoms with Gasteiger partial charge in [-0.15, -0.1) is 0 Å². The van der Waals surface area contributed by atoms with Gasteiger partial charge in [0.15, 0.2) is 6.10 Å². The van der Waals surface area contributed by atoms with Crippen LogP contribution < -0.4 is 14.8 Å². The predicted molar refractivity (Wildman–Crippen MR) is 85.3 cm³/mol. The van der Waals surface area contributed by atoms with E-state index in [0.29, 0.717) is 17.1 Å². The number of carboxylic acid groups (broad SMARTS) is 1. The number of benzene rings is 1. The van der Waals surface area contributed by atoms with Crippen molar-refractivity contribution in [2.24, 2.45) is 0 Å². The van der Waals surface area contributed by atoms with Crippen LogP contribution in [0, 0.1) is 0 Å². The molecule has 8 heteroatoms. The highest BCUT2D eigenvalue weighted by Crippen LogP contribution is 2.28. The first-order valence-electron chi connectivity index (χ1n) is 7.20. The number of amides is 1. The molecule has 0 radical (unpaired) electrons. The fourth-order valence-corrected chi connectivity index (χ4v) is 1.93. The van der Waals surface area contributed by atoms with Gasteiger partial charge in [-0.2, -0.15) is 0 Å². The number of alkyl carbamates (subject to hydrolysis) is 1. The van der Waals surface area contributed by atoms with E-state index in [2.05, 4.69) is 5.32 Å². The molecule has 134 valence electrons. The monoisotopic (exact) mass is 341 g/mol. The van der Waals surface area contributed by atoms with Crippen LogP contribution in [-0.4, -0.2) is 48.2 Å². The Morgan fingerprint density at radius 1 is 1.08 bits per heavy atom. The van der Waals surface area contributed by atoms with E-state index in [-0.39, 0.29) is 0 Å². The van der Waals surface area contributed by atoms with E-state index in [0.717, 1.165) is 0 Å². The number of aliphatic hydroxyl groups is 1. The molecule has 0 aliphatic rings. The first-order valence-corrected chi connectivity index (χ1v) is 7.20. The maximum Gasteiger partial charge on any atom is 0.408 e. The van der Waals surface area contributed by atoms with Crippen LogP contribution in [-0.2, 0) is 9.53 Å². The van der Waals surface area contributed by atoms with Crippen LogP contribution in [0.4, 0.5) is 4.79 Å². The molecule has 0 aromatic heterocycles. The van der Waals surface area contributed by atoms with Crippen LogP contribution in [0.2, 0.25) is 0 Å². The Hall–Kier alpha value is -2.48. The SMILES string of the molecule is COc1cc(OC)cc([C@@H](NC(=O)OC(C)(C)C)[C@@H](O)C(=O)O)c1. The molecule has 3 N–H and O–H groups in total. The molecule has 0 spiro atoms. The number of rotatable bonds is 6. The van der Waals surface area contributed by atoms with Crippen LogP contribution in [0.25, 0.3) is 0 Å². The van der Waals surface area contributed by atoms with Crippen molar-refractivity contribution < 1.29 is 34.0 Å². The smallest absolute Gasteiger partial charge is 0.408 e. The molecule has 1 aromatic carbocycles. The molecule has 0 saturated carbocycles. The standard InChI is InChI=1S/C16H23NO7/c1-16(2,3)24-15(21)17-12(13(18)14(19)20)9-6-10(22-4)8-11(7-9)23-5/h6-8,12-13,18H,1-5H3,(H,17,21)(H,19,20)/t12-,13-/m1/s1. The summed E-state index contributed by atoms with van der Waals surface area (Å²) in [6.07, 6.45) is -2.73. The quantitative estimate of drug-likeness (QED) is 0.721. The first kappa shape index (κ1) is 19.6. The van der Waals surface area contributed by atoms with Crippen LogP contribution in [0.15, 0.2) is 18.2 Å². The topological polar surface area (TPSA) is 114 Å². The highest BCUT2D eigenvalue weighted by molar-refractivity contribution is 5.76. The van der Waals surface area contributed by atoms with Crippen molar-refractivity contribution in [2.45, 2.75) is 38.5 Å². The second-order valence-corrected chi connectivity index (χ2v) is 6.05. The minimum absolute atomic E-state index is 0.298. The number of carbonyl (C=O) groups is 2. The highest BCUT2D eigenvalue weighted by Gasteiger charge is 2.31. The van der Waals surface area contributed by atoms with Gasteiger partial charge in [0.2, 0.25) is 0 Å². The zero-order chi connectivity index (χ0) is 18.5. The number of methoxy groups -OCH3 is 2. The van der Waals surface area contributed by atoms with Gasteiger partial charge in [-0.05, 0) is 38.5 Å². The van der Waals surface area contributed by atoms with Gasteiger partial charge in [-0.25, -0.2) is 9.59 Å². The van der Waals surface area contributed by atoms with E-state index in [1.54, 1.807) is 26.8 Å². The van der Waals surface area contributed by atoms with Crippen molar-refractivity contribution in [2.75, 3.05) is 14.2 Å². The van der Waals surface area contributed by atoms with Crippen LogP contribution in [0.3, 0.4) is 0 Å². The fourth-order valence-electron chi connectivity index (χ4n) is 1.93. The maximum absolute atomic E-state index is 12.0. The molecule has 0 aliphatic heterocycles. The second-order valence-electron chi connectivity index (χ2n) is 6.05. The Kier molecular flexibility index (Phi) is 6.42. The zero-order valence-electron chi connectivity index (χ0n) is 14.3. The number of ether oxygens (including phenoxy) is 3. The highest BCUT2D eigenvalue weighted by atomic mass is 16.6. The summed E-state index contributed by atoms with van der Waals surface area (Å²) in [4.78, 5) is 23.2. The Morgan fingerprint density at radius 2 is 1.58 bits per heavy atom.